The summed E-state index contributed by atoms with van der Waals surface area (Å²) in [5.74, 6) is 1.50. The number of carbonyl (C=O) groups excluding carboxylic acids is 1. The second-order valence-electron chi connectivity index (χ2n) is 7.32. The predicted molar refractivity (Wildman–Crippen MR) is 127 cm³/mol. The number of rotatable bonds is 4. The Kier molecular flexibility index (Phi) is 5.66. The van der Waals surface area contributed by atoms with Crippen LogP contribution in [0.25, 0.3) is 11.3 Å². The first-order valence-corrected chi connectivity index (χ1v) is 11.5. The number of benzene rings is 3. The molecule has 33 heavy (non-hydrogen) atoms. The van der Waals surface area contributed by atoms with Gasteiger partial charge in [-0.25, -0.2) is 0 Å². The Hall–Kier alpha value is -3.91. The molecule has 5 rings (SSSR count). The summed E-state index contributed by atoms with van der Waals surface area (Å²) in [7, 11) is 0. The fourth-order valence-corrected chi connectivity index (χ4v) is 4.01. The molecular weight excluding hydrogens is 436 g/mol. The molecular formula is C25H20N4O3S. The lowest BCUT2D eigenvalue weighted by atomic mass is 10.1. The first-order valence-electron chi connectivity index (χ1n) is 10.3. The van der Waals surface area contributed by atoms with E-state index in [0.29, 0.717) is 28.2 Å². The molecule has 0 saturated carbocycles. The Morgan fingerprint density at radius 2 is 1.73 bits per heavy atom. The van der Waals surface area contributed by atoms with Gasteiger partial charge in [0.1, 0.15) is 11.5 Å². The molecule has 1 atom stereocenters. The van der Waals surface area contributed by atoms with Gasteiger partial charge < -0.3 is 9.47 Å². The number of hydrogen-bond acceptors (Lipinski definition) is 7. The van der Waals surface area contributed by atoms with E-state index >= 15 is 0 Å². The molecule has 2 heterocycles. The number of hydrogen-bond donors (Lipinski definition) is 0. The van der Waals surface area contributed by atoms with E-state index in [9.17, 15) is 4.79 Å². The normalized spacial score (nSPS) is 14.5. The molecule has 1 amide bonds. The number of fused-ring (bicyclic) bond motifs is 3. The quantitative estimate of drug-likeness (QED) is 0.375. The van der Waals surface area contributed by atoms with Gasteiger partial charge >= 0.3 is 0 Å². The summed E-state index contributed by atoms with van der Waals surface area (Å²) in [6, 6.07) is 24.6. The molecule has 4 aromatic rings. The lowest BCUT2D eigenvalue weighted by Gasteiger charge is -2.30. The summed E-state index contributed by atoms with van der Waals surface area (Å²) in [5, 5.41) is 9.03. The fourth-order valence-electron chi connectivity index (χ4n) is 3.71. The summed E-state index contributed by atoms with van der Waals surface area (Å²) in [4.78, 5) is 19.1. The van der Waals surface area contributed by atoms with Gasteiger partial charge in [-0.1, -0.05) is 60.3 Å². The predicted octanol–water partition coefficient (Wildman–Crippen LogP) is 5.50. The van der Waals surface area contributed by atoms with Crippen LogP contribution < -0.4 is 14.4 Å². The van der Waals surface area contributed by atoms with E-state index in [0.717, 1.165) is 16.9 Å². The molecule has 3 aromatic carbocycles. The van der Waals surface area contributed by atoms with E-state index in [4.69, 9.17) is 9.47 Å². The first kappa shape index (κ1) is 21.0. The second-order valence-corrected chi connectivity index (χ2v) is 8.09. The monoisotopic (exact) mass is 456 g/mol. The Morgan fingerprint density at radius 3 is 2.52 bits per heavy atom. The Labute approximate surface area is 195 Å². The van der Waals surface area contributed by atoms with Crippen LogP contribution in [-0.4, -0.2) is 27.3 Å². The first-order chi connectivity index (χ1) is 16.1. The van der Waals surface area contributed by atoms with Gasteiger partial charge in [-0.3, -0.25) is 9.69 Å². The minimum atomic E-state index is -0.768. The van der Waals surface area contributed by atoms with Crippen molar-refractivity contribution in [3.8, 4) is 28.6 Å². The van der Waals surface area contributed by atoms with Gasteiger partial charge in [-0.15, -0.1) is 10.2 Å². The van der Waals surface area contributed by atoms with Crippen molar-refractivity contribution in [2.45, 2.75) is 18.3 Å². The van der Waals surface area contributed by atoms with E-state index < -0.39 is 6.23 Å². The van der Waals surface area contributed by atoms with Gasteiger partial charge in [0.05, 0.1) is 5.69 Å². The molecule has 0 N–H and O–H groups in total. The minimum absolute atomic E-state index is 0.173. The van der Waals surface area contributed by atoms with Gasteiger partial charge in [0.25, 0.3) is 0 Å². The molecule has 0 bridgehead atoms. The summed E-state index contributed by atoms with van der Waals surface area (Å²) in [6.07, 6.45) is 1.10. The van der Waals surface area contributed by atoms with Gasteiger partial charge in [0.2, 0.25) is 23.2 Å². The number of thioether (sulfide) groups is 1. The Bertz CT molecular complexity index is 1320. The maximum Gasteiger partial charge on any atom is 0.247 e. The van der Waals surface area contributed by atoms with Crippen LogP contribution in [0.3, 0.4) is 0 Å². The van der Waals surface area contributed by atoms with Gasteiger partial charge in [-0.05, 0) is 36.6 Å². The van der Waals surface area contributed by atoms with Crippen molar-refractivity contribution >= 4 is 23.4 Å². The third kappa shape index (κ3) is 4.12. The highest BCUT2D eigenvalue weighted by molar-refractivity contribution is 7.98. The highest BCUT2D eigenvalue weighted by Crippen LogP contribution is 2.43. The average molecular weight is 457 g/mol. The zero-order chi connectivity index (χ0) is 22.8. The molecule has 1 aromatic heterocycles. The van der Waals surface area contributed by atoms with Crippen LogP contribution in [0.1, 0.15) is 18.7 Å². The molecule has 8 heteroatoms. The zero-order valence-electron chi connectivity index (χ0n) is 18.0. The highest BCUT2D eigenvalue weighted by Gasteiger charge is 2.34. The molecule has 0 saturated heterocycles. The molecule has 1 aliphatic heterocycles. The highest BCUT2D eigenvalue weighted by atomic mass is 32.2. The molecule has 0 unspecified atom stereocenters. The number of nitrogens with zero attached hydrogens (tertiary/aromatic N) is 4. The largest absolute Gasteiger partial charge is 0.457 e. The molecule has 1 aliphatic rings. The van der Waals surface area contributed by atoms with Gasteiger partial charge in [0, 0.05) is 18.1 Å². The van der Waals surface area contributed by atoms with E-state index in [1.807, 2.05) is 85.1 Å². The third-order valence-corrected chi connectivity index (χ3v) is 5.69. The van der Waals surface area contributed by atoms with Crippen molar-refractivity contribution in [1.29, 1.82) is 0 Å². The number of amides is 1. The van der Waals surface area contributed by atoms with E-state index in [-0.39, 0.29) is 5.91 Å². The van der Waals surface area contributed by atoms with Crippen molar-refractivity contribution in [3.05, 3.63) is 84.4 Å². The van der Waals surface area contributed by atoms with Crippen LogP contribution in [0, 0.1) is 0 Å². The van der Waals surface area contributed by atoms with Crippen LogP contribution in [-0.2, 0) is 4.79 Å². The lowest BCUT2D eigenvalue weighted by Crippen LogP contribution is -2.36. The summed E-state index contributed by atoms with van der Waals surface area (Å²) < 4.78 is 12.4. The Balaban J connectivity index is 1.63. The van der Waals surface area contributed by atoms with Crippen LogP contribution in [0.2, 0.25) is 0 Å². The molecule has 0 fully saturated rings. The van der Waals surface area contributed by atoms with Gasteiger partial charge in [-0.2, -0.15) is 4.98 Å². The number of aromatic nitrogens is 3. The van der Waals surface area contributed by atoms with Crippen LogP contribution in [0.5, 0.6) is 17.4 Å². The fraction of sp³-hybridized carbons (Fsp3) is 0.120. The lowest BCUT2D eigenvalue weighted by molar-refractivity contribution is -0.118. The van der Waals surface area contributed by atoms with Crippen molar-refractivity contribution in [3.63, 3.8) is 0 Å². The van der Waals surface area contributed by atoms with E-state index in [1.165, 1.54) is 18.7 Å². The third-order valence-electron chi connectivity index (χ3n) is 5.16. The molecule has 0 spiro atoms. The van der Waals surface area contributed by atoms with Crippen LogP contribution in [0.4, 0.5) is 5.69 Å². The number of anilines is 1. The Morgan fingerprint density at radius 1 is 0.970 bits per heavy atom. The van der Waals surface area contributed by atoms with Crippen molar-refractivity contribution < 1.29 is 14.3 Å². The summed E-state index contributed by atoms with van der Waals surface area (Å²) in [5.41, 5.74) is 2.64. The number of carbonyl (C=O) groups is 1. The van der Waals surface area contributed by atoms with E-state index in [1.54, 1.807) is 4.90 Å². The van der Waals surface area contributed by atoms with Crippen molar-refractivity contribution in [2.24, 2.45) is 0 Å². The smallest absolute Gasteiger partial charge is 0.247 e. The maximum atomic E-state index is 12.9. The molecule has 0 aliphatic carbocycles. The van der Waals surface area contributed by atoms with Gasteiger partial charge in [0.15, 0.2) is 5.69 Å². The van der Waals surface area contributed by atoms with E-state index in [2.05, 4.69) is 15.2 Å². The number of para-hydroxylation sites is 2. The van der Waals surface area contributed by atoms with Crippen LogP contribution in [0.15, 0.2) is 84.0 Å². The SMILES string of the molecule is CSc1nnc2c(n1)O[C@@H](c1cccc(Oc3ccccc3)c1)N(C(C)=O)c1ccccc1-2. The maximum absolute atomic E-state index is 12.9. The summed E-state index contributed by atoms with van der Waals surface area (Å²) in [6.45, 7) is 1.51. The molecule has 7 nitrogen and oxygen atoms in total. The second kappa shape index (κ2) is 8.91. The average Bonchev–Trinajstić information content (AvgIpc) is 2.99. The van der Waals surface area contributed by atoms with Crippen molar-refractivity contribution in [2.75, 3.05) is 11.2 Å². The van der Waals surface area contributed by atoms with Crippen LogP contribution >= 0.6 is 11.8 Å². The zero-order valence-corrected chi connectivity index (χ0v) is 18.8. The number of ether oxygens (including phenoxy) is 2. The standard InChI is InChI=1S/C25H20N4O3S/c1-16(30)29-21-14-7-6-13-20(21)22-23(26-25(33-2)28-27-22)32-24(29)17-9-8-12-19(15-17)31-18-10-4-3-5-11-18/h3-15,24H,1-2H3/t24-/m0/s1. The van der Waals surface area contributed by atoms with Crippen molar-refractivity contribution in [1.82, 2.24) is 15.2 Å². The summed E-state index contributed by atoms with van der Waals surface area (Å²) >= 11 is 1.37. The minimum Gasteiger partial charge on any atom is -0.457 e. The topological polar surface area (TPSA) is 77.4 Å². The molecule has 0 radical (unpaired) electrons. The molecule has 164 valence electrons.